The molecule has 262 valence electrons. The van der Waals surface area contributed by atoms with Crippen molar-refractivity contribution in [2.75, 3.05) is 56.9 Å². The summed E-state index contributed by atoms with van der Waals surface area (Å²) in [6.07, 6.45) is 0.298. The monoisotopic (exact) mass is 709 g/mol. The number of hydrogen-bond acceptors (Lipinski definition) is 6. The van der Waals surface area contributed by atoms with Gasteiger partial charge in [0.25, 0.3) is 0 Å². The summed E-state index contributed by atoms with van der Waals surface area (Å²) in [5.74, 6) is 0.848. The lowest BCUT2D eigenvalue weighted by Gasteiger charge is -2.41. The van der Waals surface area contributed by atoms with Gasteiger partial charge in [-0.1, -0.05) is 11.6 Å². The largest absolute Gasteiger partial charge is 0.418 e. The van der Waals surface area contributed by atoms with Gasteiger partial charge in [0, 0.05) is 51.3 Å². The highest BCUT2D eigenvalue weighted by Crippen LogP contribution is 2.40. The Kier molecular flexibility index (Phi) is 10.6. The first-order valence-electron chi connectivity index (χ1n) is 16.8. The van der Waals surface area contributed by atoms with E-state index in [1.165, 1.54) is 24.5 Å². The van der Waals surface area contributed by atoms with E-state index in [1.54, 1.807) is 14.7 Å². The smallest absolute Gasteiger partial charge is 0.386 e. The molecule has 48 heavy (non-hydrogen) atoms. The summed E-state index contributed by atoms with van der Waals surface area (Å²) in [5, 5.41) is 14.5. The number of carbonyl (C=O) groups excluding carboxylic acids is 3. The molecular weight excluding hydrogens is 667 g/mol. The van der Waals surface area contributed by atoms with Gasteiger partial charge in [0.05, 0.1) is 22.8 Å². The molecule has 0 aliphatic carbocycles. The number of fused-ring (bicyclic) bond motifs is 1. The molecule has 0 unspecified atom stereocenters. The molecule has 4 aliphatic rings. The molecule has 2 aromatic rings. The zero-order valence-electron chi connectivity index (χ0n) is 27.0. The van der Waals surface area contributed by atoms with E-state index in [0.29, 0.717) is 57.4 Å². The van der Waals surface area contributed by atoms with Crippen molar-refractivity contribution >= 4 is 51.6 Å². The molecule has 0 spiro atoms. The van der Waals surface area contributed by atoms with E-state index < -0.39 is 23.8 Å². The molecule has 3 fully saturated rings. The number of urea groups is 2. The molecule has 0 saturated carbocycles. The average molecular weight is 710 g/mol. The van der Waals surface area contributed by atoms with Gasteiger partial charge in [0.1, 0.15) is 11.0 Å². The number of piperidine rings is 3. The van der Waals surface area contributed by atoms with Crippen LogP contribution in [0.5, 0.6) is 0 Å². The average Bonchev–Trinajstić information content (AvgIpc) is 3.54. The van der Waals surface area contributed by atoms with Crippen molar-refractivity contribution < 1.29 is 27.6 Å². The summed E-state index contributed by atoms with van der Waals surface area (Å²) in [4.78, 5) is 45.6. The van der Waals surface area contributed by atoms with Crippen LogP contribution in [-0.4, -0.2) is 91.1 Å². The van der Waals surface area contributed by atoms with Gasteiger partial charge in [-0.25, -0.2) is 9.59 Å². The Bertz CT molecular complexity index is 1490. The van der Waals surface area contributed by atoms with E-state index in [9.17, 15) is 27.6 Å². The minimum absolute atomic E-state index is 0.0469. The second-order valence-corrected chi connectivity index (χ2v) is 14.6. The number of nitrogens with zero attached hydrogens (tertiary/aromatic N) is 3. The lowest BCUT2D eigenvalue weighted by Crippen LogP contribution is -2.57. The van der Waals surface area contributed by atoms with Crippen LogP contribution in [0.3, 0.4) is 0 Å². The van der Waals surface area contributed by atoms with Gasteiger partial charge in [0.2, 0.25) is 5.91 Å². The molecule has 6 rings (SSSR count). The number of halogens is 4. The van der Waals surface area contributed by atoms with E-state index in [2.05, 4.69) is 21.3 Å². The molecule has 4 aliphatic heterocycles. The maximum Gasteiger partial charge on any atom is 0.418 e. The summed E-state index contributed by atoms with van der Waals surface area (Å²) in [7, 11) is 1.37. The van der Waals surface area contributed by atoms with E-state index in [4.69, 9.17) is 11.6 Å². The Balaban J connectivity index is 1.14. The number of likely N-dealkylation sites (tertiary alicyclic amines) is 2. The van der Waals surface area contributed by atoms with E-state index in [-0.39, 0.29) is 40.7 Å². The molecule has 4 N–H and O–H groups in total. The molecule has 5 amide bonds. The third-order valence-corrected chi connectivity index (χ3v) is 11.6. The van der Waals surface area contributed by atoms with E-state index in [1.807, 2.05) is 11.4 Å². The number of alkyl halides is 3. The topological polar surface area (TPSA) is 109 Å². The molecule has 1 atom stereocenters. The Morgan fingerprint density at radius 1 is 1.02 bits per heavy atom. The van der Waals surface area contributed by atoms with Crippen molar-refractivity contribution in [3.05, 3.63) is 45.3 Å². The summed E-state index contributed by atoms with van der Waals surface area (Å²) >= 11 is 7.78. The molecule has 5 heterocycles. The molecule has 0 radical (unpaired) electrons. The van der Waals surface area contributed by atoms with Gasteiger partial charge in [0.15, 0.2) is 0 Å². The van der Waals surface area contributed by atoms with Gasteiger partial charge in [-0.2, -0.15) is 13.2 Å². The minimum atomic E-state index is -4.67. The normalized spacial score (nSPS) is 20.7. The maximum atomic E-state index is 14.0. The second kappa shape index (κ2) is 14.7. The molecule has 1 aromatic heterocycles. The van der Waals surface area contributed by atoms with Gasteiger partial charge in [-0.15, -0.1) is 11.3 Å². The number of rotatable bonds is 7. The van der Waals surface area contributed by atoms with Crippen LogP contribution in [0.1, 0.15) is 55.2 Å². The van der Waals surface area contributed by atoms with Crippen LogP contribution < -0.4 is 21.3 Å². The number of anilines is 2. The van der Waals surface area contributed by atoms with Crippen molar-refractivity contribution in [3.8, 4) is 0 Å². The number of nitrogens with one attached hydrogen (secondary N) is 4. The zero-order valence-corrected chi connectivity index (χ0v) is 28.6. The highest BCUT2D eigenvalue weighted by atomic mass is 35.5. The molecular formula is C33H43ClF3N7O3S. The Morgan fingerprint density at radius 2 is 1.69 bits per heavy atom. The first-order valence-corrected chi connectivity index (χ1v) is 18.0. The number of thiophene rings is 1. The molecule has 15 heteroatoms. The lowest BCUT2D eigenvalue weighted by atomic mass is 9.79. The minimum Gasteiger partial charge on any atom is -0.386 e. The number of hydrogen-bond donors (Lipinski definition) is 4. The quantitative estimate of drug-likeness (QED) is 0.289. The van der Waals surface area contributed by atoms with Gasteiger partial charge in [-0.3, -0.25) is 10.1 Å². The van der Waals surface area contributed by atoms with Crippen LogP contribution in [0.15, 0.2) is 23.6 Å². The van der Waals surface area contributed by atoms with Crippen LogP contribution in [0.25, 0.3) is 0 Å². The molecule has 3 saturated heterocycles. The van der Waals surface area contributed by atoms with Crippen LogP contribution in [0, 0.1) is 11.8 Å². The Hall–Kier alpha value is -3.23. The number of amides is 5. The van der Waals surface area contributed by atoms with E-state index in [0.717, 1.165) is 55.4 Å². The van der Waals surface area contributed by atoms with Crippen molar-refractivity contribution in [2.45, 2.75) is 69.8 Å². The molecule has 0 bridgehead atoms. The number of carbonyl (C=O) groups is 3. The third kappa shape index (κ3) is 7.65. The van der Waals surface area contributed by atoms with Crippen LogP contribution in [-0.2, 0) is 23.9 Å². The fraction of sp³-hybridized carbons (Fsp3) is 0.606. The Labute approximate surface area is 287 Å². The van der Waals surface area contributed by atoms with Crippen LogP contribution in [0.2, 0.25) is 5.02 Å². The fourth-order valence-electron chi connectivity index (χ4n) is 7.73. The maximum absolute atomic E-state index is 14.0. The summed E-state index contributed by atoms with van der Waals surface area (Å²) in [6, 6.07) is 2.70. The van der Waals surface area contributed by atoms with Crippen LogP contribution in [0.4, 0.5) is 33.4 Å². The van der Waals surface area contributed by atoms with Crippen molar-refractivity contribution in [2.24, 2.45) is 11.8 Å². The van der Waals surface area contributed by atoms with Crippen molar-refractivity contribution in [1.82, 2.24) is 25.3 Å². The van der Waals surface area contributed by atoms with Crippen molar-refractivity contribution in [3.63, 3.8) is 0 Å². The Morgan fingerprint density at radius 3 is 2.35 bits per heavy atom. The predicted molar refractivity (Wildman–Crippen MR) is 180 cm³/mol. The molecule has 1 aromatic carbocycles. The molecule has 10 nitrogen and oxygen atoms in total. The highest BCUT2D eigenvalue weighted by molar-refractivity contribution is 7.14. The standard InChI is InChI=1S/C33H43ClF3N7O3S/c1-38-28-25(33(35,36)37)16-20(17-26(28)34)18-27(30(45)42-11-4-22(5-12-42)21-2-9-39-10-3-21)40-31(46)43-13-6-24(7-14-43)44-19-23-8-15-48-29(23)41-32(44)47/h8,15-17,21-22,24,27,38-39H,2-7,9-14,18-19H2,1H3,(H,40,46)(H,41,47)/t27-/m1/s1. The van der Waals surface area contributed by atoms with Crippen LogP contribution >= 0.6 is 22.9 Å². The lowest BCUT2D eigenvalue weighted by molar-refractivity contribution is -0.137. The van der Waals surface area contributed by atoms with Gasteiger partial charge in [-0.05, 0) is 92.6 Å². The van der Waals surface area contributed by atoms with Gasteiger partial charge < -0.3 is 30.7 Å². The zero-order chi connectivity index (χ0) is 34.0. The van der Waals surface area contributed by atoms with Gasteiger partial charge >= 0.3 is 18.2 Å². The second-order valence-electron chi connectivity index (χ2n) is 13.3. The fourth-order valence-corrected chi connectivity index (χ4v) is 8.87. The number of benzene rings is 1. The van der Waals surface area contributed by atoms with E-state index >= 15 is 0 Å². The summed E-state index contributed by atoms with van der Waals surface area (Å²) < 4.78 is 42.0. The first kappa shape index (κ1) is 34.6. The highest BCUT2D eigenvalue weighted by Gasteiger charge is 2.38. The summed E-state index contributed by atoms with van der Waals surface area (Å²) in [6.45, 7) is 4.36. The first-order chi connectivity index (χ1) is 23.0. The summed E-state index contributed by atoms with van der Waals surface area (Å²) in [5.41, 5.74) is 0.112. The SMILES string of the molecule is CNc1c(Cl)cc(C[C@@H](NC(=O)N2CCC(N3Cc4ccsc4NC3=O)CC2)C(=O)N2CCC(C3CCNCC3)CC2)cc1C(F)(F)F. The predicted octanol–water partition coefficient (Wildman–Crippen LogP) is 5.83. The van der Waals surface area contributed by atoms with Crippen molar-refractivity contribution in [1.29, 1.82) is 0 Å². The third-order valence-electron chi connectivity index (χ3n) is 10.4.